The van der Waals surface area contributed by atoms with E-state index in [1.165, 1.54) is 18.2 Å². The number of morpholine rings is 1. The SMILES string of the molecule is O=C(CON=Cc1ccc(N2CCOCC2)cc1)Nc1cccc(F)c1. The molecule has 1 amide bonds. The van der Waals surface area contributed by atoms with E-state index in [0.717, 1.165) is 37.6 Å². The third-order valence-electron chi connectivity index (χ3n) is 3.85. The maximum atomic E-state index is 13.0. The number of halogens is 1. The third kappa shape index (κ3) is 5.29. The minimum atomic E-state index is -0.415. The lowest BCUT2D eigenvalue weighted by Gasteiger charge is -2.28. The molecular weight excluding hydrogens is 337 g/mol. The van der Waals surface area contributed by atoms with E-state index >= 15 is 0 Å². The zero-order chi connectivity index (χ0) is 18.2. The fourth-order valence-corrected chi connectivity index (χ4v) is 2.55. The van der Waals surface area contributed by atoms with Crippen LogP contribution in [0.1, 0.15) is 5.56 Å². The number of hydrogen-bond acceptors (Lipinski definition) is 5. The predicted octanol–water partition coefficient (Wildman–Crippen LogP) is 2.65. The molecule has 2 aromatic rings. The highest BCUT2D eigenvalue weighted by Gasteiger charge is 2.10. The Balaban J connectivity index is 1.44. The highest BCUT2D eigenvalue weighted by molar-refractivity contribution is 5.91. The molecule has 1 aliphatic heterocycles. The molecule has 0 aromatic heterocycles. The molecule has 3 rings (SSSR count). The Hall–Kier alpha value is -2.93. The number of rotatable bonds is 6. The van der Waals surface area contributed by atoms with Crippen LogP contribution in [0.15, 0.2) is 53.7 Å². The number of carbonyl (C=O) groups excluding carboxylic acids is 1. The molecule has 1 aliphatic rings. The van der Waals surface area contributed by atoms with Crippen molar-refractivity contribution in [2.45, 2.75) is 0 Å². The van der Waals surface area contributed by atoms with Gasteiger partial charge in [-0.1, -0.05) is 23.4 Å². The second-order valence-corrected chi connectivity index (χ2v) is 5.76. The zero-order valence-corrected chi connectivity index (χ0v) is 14.2. The molecule has 0 spiro atoms. The van der Waals surface area contributed by atoms with Crippen molar-refractivity contribution < 1.29 is 18.8 Å². The molecule has 1 N–H and O–H groups in total. The average molecular weight is 357 g/mol. The quantitative estimate of drug-likeness (QED) is 0.638. The summed E-state index contributed by atoms with van der Waals surface area (Å²) in [6.45, 7) is 3.01. The molecule has 0 radical (unpaired) electrons. The summed E-state index contributed by atoms with van der Waals surface area (Å²) in [6.07, 6.45) is 1.54. The predicted molar refractivity (Wildman–Crippen MR) is 98.0 cm³/mol. The standard InChI is InChI=1S/C19H20FN3O3/c20-16-2-1-3-17(12-16)22-19(24)14-26-21-13-15-4-6-18(7-5-15)23-8-10-25-11-9-23/h1-7,12-13H,8-11,14H2,(H,22,24). The average Bonchev–Trinajstić information content (AvgIpc) is 2.66. The molecule has 26 heavy (non-hydrogen) atoms. The first-order valence-corrected chi connectivity index (χ1v) is 8.34. The lowest BCUT2D eigenvalue weighted by atomic mass is 10.2. The first-order valence-electron chi connectivity index (χ1n) is 8.34. The molecular formula is C19H20FN3O3. The number of oxime groups is 1. The molecule has 0 bridgehead atoms. The van der Waals surface area contributed by atoms with Crippen LogP contribution in [0.2, 0.25) is 0 Å². The first kappa shape index (κ1) is 17.9. The number of amides is 1. The highest BCUT2D eigenvalue weighted by Crippen LogP contribution is 2.16. The number of carbonyl (C=O) groups is 1. The van der Waals surface area contributed by atoms with Crippen LogP contribution in [0.3, 0.4) is 0 Å². The normalized spacial score (nSPS) is 14.4. The van der Waals surface area contributed by atoms with Crippen LogP contribution in [0.4, 0.5) is 15.8 Å². The van der Waals surface area contributed by atoms with Crippen molar-refractivity contribution in [3.05, 3.63) is 59.9 Å². The van der Waals surface area contributed by atoms with Gasteiger partial charge in [-0.05, 0) is 35.9 Å². The van der Waals surface area contributed by atoms with Crippen LogP contribution in [0, 0.1) is 5.82 Å². The van der Waals surface area contributed by atoms with Crippen molar-refractivity contribution in [2.75, 3.05) is 43.1 Å². The van der Waals surface area contributed by atoms with E-state index < -0.39 is 11.7 Å². The van der Waals surface area contributed by atoms with Gasteiger partial charge >= 0.3 is 0 Å². The Bertz CT molecular complexity index is 759. The molecule has 0 saturated carbocycles. The van der Waals surface area contributed by atoms with Gasteiger partial charge in [-0.25, -0.2) is 4.39 Å². The van der Waals surface area contributed by atoms with Gasteiger partial charge < -0.3 is 19.8 Å². The van der Waals surface area contributed by atoms with Crippen molar-refractivity contribution in [1.29, 1.82) is 0 Å². The molecule has 2 aromatic carbocycles. The van der Waals surface area contributed by atoms with E-state index in [2.05, 4.69) is 15.4 Å². The minimum absolute atomic E-state index is 0.251. The van der Waals surface area contributed by atoms with Crippen molar-refractivity contribution >= 4 is 23.5 Å². The molecule has 1 heterocycles. The lowest BCUT2D eigenvalue weighted by Crippen LogP contribution is -2.36. The maximum Gasteiger partial charge on any atom is 0.265 e. The van der Waals surface area contributed by atoms with Crippen molar-refractivity contribution in [1.82, 2.24) is 0 Å². The van der Waals surface area contributed by atoms with E-state index in [1.807, 2.05) is 24.3 Å². The Morgan fingerprint density at radius 2 is 2.00 bits per heavy atom. The van der Waals surface area contributed by atoms with Crippen LogP contribution >= 0.6 is 0 Å². The summed E-state index contributed by atoms with van der Waals surface area (Å²) < 4.78 is 18.4. The number of benzene rings is 2. The van der Waals surface area contributed by atoms with Gasteiger partial charge in [-0.2, -0.15) is 0 Å². The van der Waals surface area contributed by atoms with Gasteiger partial charge in [0, 0.05) is 24.5 Å². The Kier molecular flexibility index (Phi) is 6.16. The lowest BCUT2D eigenvalue weighted by molar-refractivity contribution is -0.120. The van der Waals surface area contributed by atoms with Gasteiger partial charge in [0.1, 0.15) is 5.82 Å². The third-order valence-corrected chi connectivity index (χ3v) is 3.85. The van der Waals surface area contributed by atoms with E-state index in [-0.39, 0.29) is 6.61 Å². The largest absolute Gasteiger partial charge is 0.386 e. The summed E-state index contributed by atoms with van der Waals surface area (Å²) in [6, 6.07) is 13.6. The van der Waals surface area contributed by atoms with Crippen molar-refractivity contribution in [2.24, 2.45) is 5.16 Å². The summed E-state index contributed by atoms with van der Waals surface area (Å²) in [5.41, 5.74) is 2.38. The molecule has 0 atom stereocenters. The molecule has 6 nitrogen and oxygen atoms in total. The number of nitrogens with one attached hydrogen (secondary N) is 1. The second-order valence-electron chi connectivity index (χ2n) is 5.76. The summed E-state index contributed by atoms with van der Waals surface area (Å²) in [5.74, 6) is -0.822. The molecule has 0 unspecified atom stereocenters. The fraction of sp³-hybridized carbons (Fsp3) is 0.263. The molecule has 7 heteroatoms. The molecule has 0 aliphatic carbocycles. The van der Waals surface area contributed by atoms with Gasteiger partial charge in [0.2, 0.25) is 0 Å². The highest BCUT2D eigenvalue weighted by atomic mass is 19.1. The van der Waals surface area contributed by atoms with Gasteiger partial charge in [0.05, 0.1) is 19.4 Å². The van der Waals surface area contributed by atoms with E-state index in [9.17, 15) is 9.18 Å². The number of hydrogen-bond donors (Lipinski definition) is 1. The molecule has 136 valence electrons. The topological polar surface area (TPSA) is 63.2 Å². The van der Waals surface area contributed by atoms with Gasteiger partial charge in [-0.3, -0.25) is 4.79 Å². The first-order chi connectivity index (χ1) is 12.7. The summed E-state index contributed by atoms with van der Waals surface area (Å²) in [5, 5.41) is 6.32. The van der Waals surface area contributed by atoms with E-state index in [1.54, 1.807) is 12.3 Å². The summed E-state index contributed by atoms with van der Waals surface area (Å²) >= 11 is 0. The van der Waals surface area contributed by atoms with Crippen LogP contribution in [-0.4, -0.2) is 45.0 Å². The number of nitrogens with zero attached hydrogens (tertiary/aromatic N) is 2. The fourth-order valence-electron chi connectivity index (χ4n) is 2.55. The maximum absolute atomic E-state index is 13.0. The monoisotopic (exact) mass is 357 g/mol. The minimum Gasteiger partial charge on any atom is -0.386 e. The van der Waals surface area contributed by atoms with E-state index in [4.69, 9.17) is 9.57 Å². The van der Waals surface area contributed by atoms with E-state index in [0.29, 0.717) is 5.69 Å². The van der Waals surface area contributed by atoms with Crippen LogP contribution in [0.25, 0.3) is 0 Å². The van der Waals surface area contributed by atoms with Crippen LogP contribution in [-0.2, 0) is 14.4 Å². The van der Waals surface area contributed by atoms with Crippen LogP contribution in [0.5, 0.6) is 0 Å². The smallest absolute Gasteiger partial charge is 0.265 e. The summed E-state index contributed by atoms with van der Waals surface area (Å²) in [7, 11) is 0. The second kappa shape index (κ2) is 8.96. The Labute approximate surface area is 151 Å². The Morgan fingerprint density at radius 3 is 2.73 bits per heavy atom. The molecule has 1 fully saturated rings. The Morgan fingerprint density at radius 1 is 1.23 bits per heavy atom. The van der Waals surface area contributed by atoms with Gasteiger partial charge in [0.25, 0.3) is 5.91 Å². The molecule has 1 saturated heterocycles. The zero-order valence-electron chi connectivity index (χ0n) is 14.2. The van der Waals surface area contributed by atoms with Gasteiger partial charge in [-0.15, -0.1) is 0 Å². The van der Waals surface area contributed by atoms with Gasteiger partial charge in [0.15, 0.2) is 6.61 Å². The summed E-state index contributed by atoms with van der Waals surface area (Å²) in [4.78, 5) is 19.0. The number of anilines is 2. The van der Waals surface area contributed by atoms with Crippen molar-refractivity contribution in [3.63, 3.8) is 0 Å². The number of ether oxygens (including phenoxy) is 1. The van der Waals surface area contributed by atoms with Crippen LogP contribution < -0.4 is 10.2 Å². The van der Waals surface area contributed by atoms with Crippen molar-refractivity contribution in [3.8, 4) is 0 Å².